The van der Waals surface area contributed by atoms with Gasteiger partial charge in [0.15, 0.2) is 0 Å². The molecule has 1 N–H and O–H groups in total. The van der Waals surface area contributed by atoms with E-state index in [1.165, 1.54) is 6.92 Å². The number of carbonyl (C=O) groups excluding carboxylic acids is 1. The van der Waals surface area contributed by atoms with Crippen LogP contribution in [0.2, 0.25) is 0 Å². The van der Waals surface area contributed by atoms with Gasteiger partial charge in [-0.1, -0.05) is 0 Å². The first kappa shape index (κ1) is 13.2. The van der Waals surface area contributed by atoms with Gasteiger partial charge in [0.25, 0.3) is 11.1 Å². The third kappa shape index (κ3) is 3.58. The predicted molar refractivity (Wildman–Crippen MR) is 61.9 cm³/mol. The maximum Gasteiger partial charge on any atom is 0.331 e. The number of aromatic nitrogens is 2. The van der Waals surface area contributed by atoms with E-state index in [2.05, 4.69) is 5.10 Å². The zero-order valence-electron chi connectivity index (χ0n) is 10.3. The second kappa shape index (κ2) is 4.57. The topological polar surface area (TPSA) is 81.2 Å². The molecule has 1 aromatic rings. The van der Waals surface area contributed by atoms with E-state index in [9.17, 15) is 14.4 Å². The molecule has 0 fully saturated rings. The van der Waals surface area contributed by atoms with Gasteiger partial charge in [-0.2, -0.15) is 0 Å². The summed E-state index contributed by atoms with van der Waals surface area (Å²) in [6.45, 7) is 6.68. The Morgan fingerprint density at radius 2 is 1.94 bits per heavy atom. The molecule has 1 aromatic heterocycles. The van der Waals surface area contributed by atoms with Crippen molar-refractivity contribution >= 4 is 5.97 Å². The van der Waals surface area contributed by atoms with E-state index in [1.807, 2.05) is 0 Å². The fourth-order valence-corrected chi connectivity index (χ4v) is 1.22. The molecule has 94 valence electrons. The summed E-state index contributed by atoms with van der Waals surface area (Å²) in [6, 6.07) is 1.36. The Balaban J connectivity index is 3.01. The number of nitrogens with zero attached hydrogens (tertiary/aromatic N) is 1. The van der Waals surface area contributed by atoms with Crippen molar-refractivity contribution in [2.45, 2.75) is 39.3 Å². The minimum atomic E-state index is -0.865. The fourth-order valence-electron chi connectivity index (χ4n) is 1.22. The molecule has 6 heteroatoms. The summed E-state index contributed by atoms with van der Waals surface area (Å²) in [6.07, 6.45) is 0. The summed E-state index contributed by atoms with van der Waals surface area (Å²) in [5.74, 6) is -0.568. The van der Waals surface area contributed by atoms with E-state index < -0.39 is 28.7 Å². The van der Waals surface area contributed by atoms with Crippen molar-refractivity contribution in [1.29, 1.82) is 0 Å². The molecule has 0 bridgehead atoms. The van der Waals surface area contributed by atoms with Crippen LogP contribution in [0.1, 0.15) is 33.7 Å². The zero-order valence-corrected chi connectivity index (χ0v) is 10.3. The fraction of sp³-hybridized carbons (Fsp3) is 0.545. The standard InChI is InChI=1S/C11H16N2O4/c1-7(10(16)17-11(2,3)4)13-9(15)6-5-8(14)12-13/h5-7H,1-4H3,(H,12,14). The van der Waals surface area contributed by atoms with E-state index in [4.69, 9.17) is 4.74 Å². The Hall–Kier alpha value is -1.85. The molecule has 0 saturated heterocycles. The molecule has 0 aliphatic heterocycles. The van der Waals surface area contributed by atoms with Crippen LogP contribution in [0.3, 0.4) is 0 Å². The minimum absolute atomic E-state index is 0.444. The number of rotatable bonds is 2. The molecule has 0 saturated carbocycles. The van der Waals surface area contributed by atoms with Gasteiger partial charge in [0.05, 0.1) is 0 Å². The highest BCUT2D eigenvalue weighted by Crippen LogP contribution is 2.12. The lowest BCUT2D eigenvalue weighted by Gasteiger charge is -2.22. The number of nitrogens with one attached hydrogen (secondary N) is 1. The summed E-state index contributed by atoms with van der Waals surface area (Å²) in [4.78, 5) is 34.3. The highest BCUT2D eigenvalue weighted by atomic mass is 16.6. The molecule has 0 spiro atoms. The molecule has 0 aromatic carbocycles. The van der Waals surface area contributed by atoms with Crippen LogP contribution in [0.25, 0.3) is 0 Å². The molecule has 6 nitrogen and oxygen atoms in total. The van der Waals surface area contributed by atoms with Gasteiger partial charge >= 0.3 is 5.97 Å². The molecular weight excluding hydrogens is 224 g/mol. The van der Waals surface area contributed by atoms with Crippen molar-refractivity contribution in [3.05, 3.63) is 32.8 Å². The van der Waals surface area contributed by atoms with Crippen molar-refractivity contribution in [1.82, 2.24) is 9.78 Å². The first-order valence-electron chi connectivity index (χ1n) is 5.25. The Morgan fingerprint density at radius 1 is 1.35 bits per heavy atom. The second-order valence-electron chi connectivity index (χ2n) is 4.73. The second-order valence-corrected chi connectivity index (χ2v) is 4.73. The normalized spacial score (nSPS) is 13.2. The van der Waals surface area contributed by atoms with E-state index in [0.29, 0.717) is 0 Å². The number of ether oxygens (including phenoxy) is 1. The number of hydrogen-bond donors (Lipinski definition) is 1. The van der Waals surface area contributed by atoms with Gasteiger partial charge in [-0.05, 0) is 27.7 Å². The van der Waals surface area contributed by atoms with Gasteiger partial charge in [-0.3, -0.25) is 14.7 Å². The highest BCUT2D eigenvalue weighted by Gasteiger charge is 2.23. The quantitative estimate of drug-likeness (QED) is 0.760. The average molecular weight is 240 g/mol. The van der Waals surface area contributed by atoms with E-state index in [0.717, 1.165) is 16.8 Å². The summed E-state index contributed by atoms with van der Waals surface area (Å²) >= 11 is 0. The van der Waals surface area contributed by atoms with E-state index >= 15 is 0 Å². The largest absolute Gasteiger partial charge is 0.458 e. The molecule has 0 amide bonds. The lowest BCUT2D eigenvalue weighted by Crippen LogP contribution is -2.37. The van der Waals surface area contributed by atoms with E-state index in [1.54, 1.807) is 20.8 Å². The SMILES string of the molecule is CC(C(=O)OC(C)(C)C)n1[nH]c(=O)ccc1=O. The molecule has 1 atom stereocenters. The number of esters is 1. The van der Waals surface area contributed by atoms with Crippen LogP contribution in [-0.2, 0) is 9.53 Å². The number of carbonyl (C=O) groups is 1. The maximum absolute atomic E-state index is 11.7. The maximum atomic E-state index is 11.7. The highest BCUT2D eigenvalue weighted by molar-refractivity contribution is 5.74. The number of H-pyrrole nitrogens is 1. The van der Waals surface area contributed by atoms with Crippen molar-refractivity contribution < 1.29 is 9.53 Å². The van der Waals surface area contributed by atoms with Gasteiger partial charge in [-0.15, -0.1) is 0 Å². The molecule has 1 unspecified atom stereocenters. The molecular formula is C11H16N2O4. The molecule has 1 rings (SSSR count). The number of aromatic amines is 1. The van der Waals surface area contributed by atoms with Crippen LogP contribution in [-0.4, -0.2) is 21.4 Å². The van der Waals surface area contributed by atoms with E-state index in [-0.39, 0.29) is 0 Å². The minimum Gasteiger partial charge on any atom is -0.458 e. The Labute approximate surface area is 98.2 Å². The van der Waals surface area contributed by atoms with Crippen molar-refractivity contribution in [2.75, 3.05) is 0 Å². The Kier molecular flexibility index (Phi) is 3.55. The summed E-state index contributed by atoms with van der Waals surface area (Å²) in [5, 5.41) is 2.29. The molecule has 0 aliphatic rings. The van der Waals surface area contributed by atoms with Crippen LogP contribution in [0.5, 0.6) is 0 Å². The average Bonchev–Trinajstić information content (AvgIpc) is 2.18. The Bertz CT molecular complexity index is 521. The van der Waals surface area contributed by atoms with Crippen LogP contribution in [0.4, 0.5) is 0 Å². The van der Waals surface area contributed by atoms with Gasteiger partial charge < -0.3 is 4.74 Å². The zero-order chi connectivity index (χ0) is 13.2. The van der Waals surface area contributed by atoms with Crippen LogP contribution < -0.4 is 11.1 Å². The van der Waals surface area contributed by atoms with Crippen LogP contribution in [0, 0.1) is 0 Å². The van der Waals surface area contributed by atoms with Crippen LogP contribution in [0.15, 0.2) is 21.7 Å². The summed E-state index contributed by atoms with van der Waals surface area (Å²) < 4.78 is 6.08. The van der Waals surface area contributed by atoms with Crippen molar-refractivity contribution in [2.24, 2.45) is 0 Å². The predicted octanol–water partition coefficient (Wildman–Crippen LogP) is 0.439. The lowest BCUT2D eigenvalue weighted by atomic mass is 10.2. The van der Waals surface area contributed by atoms with Gasteiger partial charge in [0, 0.05) is 12.1 Å². The molecule has 0 radical (unpaired) electrons. The third-order valence-electron chi connectivity index (χ3n) is 1.98. The van der Waals surface area contributed by atoms with Crippen molar-refractivity contribution in [3.8, 4) is 0 Å². The van der Waals surface area contributed by atoms with Gasteiger partial charge in [0.2, 0.25) is 0 Å². The lowest BCUT2D eigenvalue weighted by molar-refractivity contribution is -0.158. The smallest absolute Gasteiger partial charge is 0.331 e. The molecule has 0 aliphatic carbocycles. The first-order valence-corrected chi connectivity index (χ1v) is 5.25. The number of hydrogen-bond acceptors (Lipinski definition) is 4. The van der Waals surface area contributed by atoms with Crippen LogP contribution >= 0.6 is 0 Å². The summed E-state index contributed by atoms with van der Waals surface area (Å²) in [7, 11) is 0. The monoisotopic (exact) mass is 240 g/mol. The first-order chi connectivity index (χ1) is 7.70. The Morgan fingerprint density at radius 3 is 2.47 bits per heavy atom. The van der Waals surface area contributed by atoms with Gasteiger partial charge in [-0.25, -0.2) is 9.48 Å². The molecule has 1 heterocycles. The third-order valence-corrected chi connectivity index (χ3v) is 1.98. The van der Waals surface area contributed by atoms with Gasteiger partial charge in [0.1, 0.15) is 11.6 Å². The molecule has 17 heavy (non-hydrogen) atoms. The summed E-state index contributed by atoms with van der Waals surface area (Å²) in [5.41, 5.74) is -1.53. The van der Waals surface area contributed by atoms with Crippen molar-refractivity contribution in [3.63, 3.8) is 0 Å².